The molecule has 102 valence electrons. The van der Waals surface area contributed by atoms with E-state index in [2.05, 4.69) is 10.6 Å². The molecule has 1 aliphatic heterocycles. The van der Waals surface area contributed by atoms with Crippen LogP contribution in [0.2, 0.25) is 0 Å². The number of carbonyl (C=O) groups excluding carboxylic acids is 1. The summed E-state index contributed by atoms with van der Waals surface area (Å²) in [4.78, 5) is 12.4. The first-order valence-corrected chi connectivity index (χ1v) is 6.59. The Kier molecular flexibility index (Phi) is 3.06. The van der Waals surface area contributed by atoms with E-state index < -0.39 is 0 Å². The fraction of sp³-hybridized carbons (Fsp3) is 0.188. The predicted molar refractivity (Wildman–Crippen MR) is 79.1 cm³/mol. The van der Waals surface area contributed by atoms with Crippen LogP contribution in [0.5, 0.6) is 5.75 Å². The third-order valence-corrected chi connectivity index (χ3v) is 3.64. The Labute approximate surface area is 117 Å². The summed E-state index contributed by atoms with van der Waals surface area (Å²) < 4.78 is 0. The summed E-state index contributed by atoms with van der Waals surface area (Å²) in [5.41, 5.74) is 3.20. The Balaban J connectivity index is 1.83. The number of fused-ring (bicyclic) bond motifs is 1. The van der Waals surface area contributed by atoms with Gasteiger partial charge in [0.15, 0.2) is 0 Å². The molecule has 2 aromatic rings. The quantitative estimate of drug-likeness (QED) is 0.734. The van der Waals surface area contributed by atoms with Crippen molar-refractivity contribution in [2.45, 2.75) is 12.8 Å². The maximum atomic E-state index is 12.4. The van der Waals surface area contributed by atoms with Crippen LogP contribution in [0.25, 0.3) is 0 Å². The van der Waals surface area contributed by atoms with Crippen molar-refractivity contribution in [2.24, 2.45) is 0 Å². The van der Waals surface area contributed by atoms with Gasteiger partial charge in [0.25, 0.3) is 0 Å². The van der Waals surface area contributed by atoms with Crippen molar-refractivity contribution in [2.75, 3.05) is 17.2 Å². The number of phenolic OH excluding ortho intramolecular Hbond substituents is 1. The van der Waals surface area contributed by atoms with Gasteiger partial charge in [0.1, 0.15) is 5.75 Å². The van der Waals surface area contributed by atoms with Gasteiger partial charge in [0, 0.05) is 12.2 Å². The zero-order valence-electron chi connectivity index (χ0n) is 11.2. The number of hydrogen-bond donors (Lipinski definition) is 3. The third kappa shape index (κ3) is 2.09. The van der Waals surface area contributed by atoms with Crippen LogP contribution in [0.15, 0.2) is 42.5 Å². The lowest BCUT2D eigenvalue weighted by molar-refractivity contribution is -0.117. The number of anilines is 2. The first kappa shape index (κ1) is 12.5. The minimum Gasteiger partial charge on any atom is -0.505 e. The number of phenols is 1. The highest BCUT2D eigenvalue weighted by Crippen LogP contribution is 2.33. The van der Waals surface area contributed by atoms with E-state index >= 15 is 0 Å². The van der Waals surface area contributed by atoms with E-state index in [0.717, 1.165) is 16.8 Å². The standard InChI is InChI=1S/C16H16N2O2/c1-10-5-4-8-14(15(10)19)18-16(20)12-9-17-13-7-3-2-6-11(12)13/h2-8,12,17,19H,9H2,1H3,(H,18,20). The van der Waals surface area contributed by atoms with Crippen LogP contribution in [0.4, 0.5) is 11.4 Å². The van der Waals surface area contributed by atoms with Gasteiger partial charge in [-0.2, -0.15) is 0 Å². The highest BCUT2D eigenvalue weighted by molar-refractivity contribution is 5.99. The van der Waals surface area contributed by atoms with Crippen molar-refractivity contribution >= 4 is 17.3 Å². The Morgan fingerprint density at radius 3 is 2.90 bits per heavy atom. The molecule has 3 N–H and O–H groups in total. The summed E-state index contributed by atoms with van der Waals surface area (Å²) in [6.07, 6.45) is 0. The second kappa shape index (κ2) is 4.89. The highest BCUT2D eigenvalue weighted by atomic mass is 16.3. The van der Waals surface area contributed by atoms with Crippen molar-refractivity contribution in [3.05, 3.63) is 53.6 Å². The fourth-order valence-corrected chi connectivity index (χ4v) is 2.50. The van der Waals surface area contributed by atoms with E-state index in [-0.39, 0.29) is 17.6 Å². The van der Waals surface area contributed by atoms with Crippen molar-refractivity contribution < 1.29 is 9.90 Å². The van der Waals surface area contributed by atoms with Gasteiger partial charge < -0.3 is 15.7 Å². The summed E-state index contributed by atoms with van der Waals surface area (Å²) in [7, 11) is 0. The average Bonchev–Trinajstić information content (AvgIpc) is 2.88. The molecule has 3 rings (SSSR count). The molecule has 4 heteroatoms. The zero-order valence-corrected chi connectivity index (χ0v) is 11.2. The molecule has 1 amide bonds. The van der Waals surface area contributed by atoms with Gasteiger partial charge in [-0.3, -0.25) is 4.79 Å². The number of benzene rings is 2. The summed E-state index contributed by atoms with van der Waals surface area (Å²) in [6.45, 7) is 2.38. The van der Waals surface area contributed by atoms with E-state index in [1.54, 1.807) is 19.1 Å². The molecule has 1 heterocycles. The summed E-state index contributed by atoms with van der Waals surface area (Å²) in [5, 5.41) is 16.0. The second-order valence-electron chi connectivity index (χ2n) is 4.98. The Morgan fingerprint density at radius 1 is 1.25 bits per heavy atom. The lowest BCUT2D eigenvalue weighted by Gasteiger charge is -2.13. The molecule has 0 spiro atoms. The number of aryl methyl sites for hydroxylation is 1. The van der Waals surface area contributed by atoms with Crippen LogP contribution in [0.3, 0.4) is 0 Å². The minimum atomic E-state index is -0.230. The van der Waals surface area contributed by atoms with Gasteiger partial charge in [-0.05, 0) is 30.2 Å². The largest absolute Gasteiger partial charge is 0.505 e. The van der Waals surface area contributed by atoms with E-state index in [1.165, 1.54) is 0 Å². The van der Waals surface area contributed by atoms with Crippen LogP contribution < -0.4 is 10.6 Å². The minimum absolute atomic E-state index is 0.108. The van der Waals surface area contributed by atoms with Gasteiger partial charge in [-0.15, -0.1) is 0 Å². The molecule has 0 bridgehead atoms. The molecule has 4 nitrogen and oxygen atoms in total. The van der Waals surface area contributed by atoms with Gasteiger partial charge in [0.2, 0.25) is 5.91 Å². The molecule has 0 saturated heterocycles. The number of amides is 1. The number of hydrogen-bond acceptors (Lipinski definition) is 3. The van der Waals surface area contributed by atoms with Crippen LogP contribution in [0, 0.1) is 6.92 Å². The lowest BCUT2D eigenvalue weighted by Crippen LogP contribution is -2.22. The fourth-order valence-electron chi connectivity index (χ4n) is 2.50. The Morgan fingerprint density at radius 2 is 2.05 bits per heavy atom. The number of nitrogens with one attached hydrogen (secondary N) is 2. The number of carbonyl (C=O) groups is 1. The van der Waals surface area contributed by atoms with Crippen molar-refractivity contribution in [1.82, 2.24) is 0 Å². The Hall–Kier alpha value is -2.49. The molecular formula is C16H16N2O2. The molecule has 0 fully saturated rings. The second-order valence-corrected chi connectivity index (χ2v) is 4.98. The molecule has 20 heavy (non-hydrogen) atoms. The maximum Gasteiger partial charge on any atom is 0.233 e. The van der Waals surface area contributed by atoms with E-state index in [4.69, 9.17) is 0 Å². The number of rotatable bonds is 2. The van der Waals surface area contributed by atoms with Crippen molar-refractivity contribution in [3.8, 4) is 5.75 Å². The smallest absolute Gasteiger partial charge is 0.233 e. The summed E-state index contributed by atoms with van der Waals surface area (Å²) in [5.74, 6) is -0.213. The molecule has 0 radical (unpaired) electrons. The van der Waals surface area contributed by atoms with Crippen LogP contribution in [-0.4, -0.2) is 17.6 Å². The number of aromatic hydroxyl groups is 1. The molecule has 0 saturated carbocycles. The average molecular weight is 268 g/mol. The first-order chi connectivity index (χ1) is 9.66. The maximum absolute atomic E-state index is 12.4. The molecule has 0 aliphatic carbocycles. The SMILES string of the molecule is Cc1cccc(NC(=O)C2CNc3ccccc32)c1O. The van der Waals surface area contributed by atoms with Gasteiger partial charge >= 0.3 is 0 Å². The van der Waals surface area contributed by atoms with E-state index in [9.17, 15) is 9.90 Å². The van der Waals surface area contributed by atoms with Crippen LogP contribution in [-0.2, 0) is 4.79 Å². The molecule has 0 aromatic heterocycles. The molecule has 2 aromatic carbocycles. The van der Waals surface area contributed by atoms with Gasteiger partial charge in [-0.25, -0.2) is 0 Å². The number of para-hydroxylation sites is 2. The van der Waals surface area contributed by atoms with Gasteiger partial charge in [0.05, 0.1) is 11.6 Å². The third-order valence-electron chi connectivity index (χ3n) is 3.64. The molecule has 1 aliphatic rings. The monoisotopic (exact) mass is 268 g/mol. The van der Waals surface area contributed by atoms with Crippen molar-refractivity contribution in [3.63, 3.8) is 0 Å². The normalized spacial score (nSPS) is 16.4. The lowest BCUT2D eigenvalue weighted by atomic mass is 10.0. The summed E-state index contributed by atoms with van der Waals surface area (Å²) >= 11 is 0. The topological polar surface area (TPSA) is 61.4 Å². The summed E-state index contributed by atoms with van der Waals surface area (Å²) in [6, 6.07) is 13.1. The van der Waals surface area contributed by atoms with Gasteiger partial charge in [-0.1, -0.05) is 30.3 Å². The predicted octanol–water partition coefficient (Wildman–Crippen LogP) is 2.85. The Bertz CT molecular complexity index is 667. The molecule has 1 atom stereocenters. The van der Waals surface area contributed by atoms with Crippen molar-refractivity contribution in [1.29, 1.82) is 0 Å². The molecular weight excluding hydrogens is 252 g/mol. The zero-order chi connectivity index (χ0) is 14.1. The first-order valence-electron chi connectivity index (χ1n) is 6.59. The van der Waals surface area contributed by atoms with Crippen LogP contribution in [0.1, 0.15) is 17.0 Å². The van der Waals surface area contributed by atoms with E-state index in [1.807, 2.05) is 30.3 Å². The van der Waals surface area contributed by atoms with E-state index in [0.29, 0.717) is 12.2 Å². The van der Waals surface area contributed by atoms with Crippen LogP contribution >= 0.6 is 0 Å². The molecule has 1 unspecified atom stereocenters. The highest BCUT2D eigenvalue weighted by Gasteiger charge is 2.28.